The highest BCUT2D eigenvalue weighted by atomic mass is 16.6. The minimum atomic E-state index is -0.532. The monoisotopic (exact) mass is 322 g/mol. The van der Waals surface area contributed by atoms with Crippen molar-refractivity contribution in [2.75, 3.05) is 13.1 Å². The molecular formula is C16H26N4O3. The van der Waals surface area contributed by atoms with Crippen molar-refractivity contribution >= 4 is 12.0 Å². The molecule has 1 N–H and O–H groups in total. The normalized spacial score (nSPS) is 21.3. The van der Waals surface area contributed by atoms with Crippen LogP contribution in [0.25, 0.3) is 0 Å². The minimum Gasteiger partial charge on any atom is -0.444 e. The van der Waals surface area contributed by atoms with Gasteiger partial charge in [0.1, 0.15) is 5.60 Å². The summed E-state index contributed by atoms with van der Waals surface area (Å²) in [5, 5.41) is 7.00. The lowest BCUT2D eigenvalue weighted by Gasteiger charge is -2.23. The van der Waals surface area contributed by atoms with Gasteiger partial charge in [0.05, 0.1) is 17.8 Å². The Morgan fingerprint density at radius 3 is 2.65 bits per heavy atom. The third-order valence-electron chi connectivity index (χ3n) is 3.81. The predicted molar refractivity (Wildman–Crippen MR) is 86.1 cm³/mol. The highest BCUT2D eigenvalue weighted by Gasteiger charge is 2.35. The van der Waals surface area contributed by atoms with Crippen LogP contribution in [0, 0.1) is 5.92 Å². The number of amides is 2. The van der Waals surface area contributed by atoms with Crippen LogP contribution in [0.15, 0.2) is 12.4 Å². The van der Waals surface area contributed by atoms with E-state index in [4.69, 9.17) is 4.74 Å². The number of aromatic nitrogens is 2. The Labute approximate surface area is 137 Å². The maximum atomic E-state index is 12.5. The highest BCUT2D eigenvalue weighted by molar-refractivity contribution is 5.94. The molecule has 0 aliphatic carbocycles. The Hall–Kier alpha value is -2.05. The summed E-state index contributed by atoms with van der Waals surface area (Å²) in [6.07, 6.45) is 2.90. The molecular weight excluding hydrogens is 296 g/mol. The second kappa shape index (κ2) is 6.60. The van der Waals surface area contributed by atoms with Crippen LogP contribution in [0.1, 0.15) is 45.0 Å². The van der Waals surface area contributed by atoms with Crippen LogP contribution in [-0.4, -0.2) is 51.4 Å². The van der Waals surface area contributed by atoms with Gasteiger partial charge in [0.25, 0.3) is 5.91 Å². The van der Waals surface area contributed by atoms with E-state index in [2.05, 4.69) is 10.4 Å². The SMILES string of the molecule is CCn1cc(C(=O)N2C[C@H](C)[C@H](NC(=O)OC(C)(C)C)C2)cn1. The topological polar surface area (TPSA) is 76.5 Å². The molecule has 1 aliphatic rings. The number of nitrogens with zero attached hydrogens (tertiary/aromatic N) is 3. The summed E-state index contributed by atoms with van der Waals surface area (Å²) >= 11 is 0. The number of likely N-dealkylation sites (tertiary alicyclic amines) is 1. The van der Waals surface area contributed by atoms with Gasteiger partial charge in [-0.2, -0.15) is 5.10 Å². The maximum Gasteiger partial charge on any atom is 0.407 e. The van der Waals surface area contributed by atoms with Crippen LogP contribution in [0.4, 0.5) is 4.79 Å². The number of ether oxygens (including phenoxy) is 1. The summed E-state index contributed by atoms with van der Waals surface area (Å²) in [4.78, 5) is 26.2. The fraction of sp³-hybridized carbons (Fsp3) is 0.688. The van der Waals surface area contributed by atoms with E-state index in [1.54, 1.807) is 22.0 Å². The molecule has 2 rings (SSSR count). The second-order valence-electron chi connectivity index (χ2n) is 7.02. The number of carbonyl (C=O) groups excluding carboxylic acids is 2. The number of nitrogens with one attached hydrogen (secondary N) is 1. The lowest BCUT2D eigenvalue weighted by atomic mass is 10.1. The van der Waals surface area contributed by atoms with Crippen LogP contribution in [0.5, 0.6) is 0 Å². The molecule has 7 heteroatoms. The summed E-state index contributed by atoms with van der Waals surface area (Å²) in [7, 11) is 0. The Bertz CT molecular complexity index is 576. The Morgan fingerprint density at radius 1 is 1.39 bits per heavy atom. The zero-order valence-corrected chi connectivity index (χ0v) is 14.5. The van der Waals surface area contributed by atoms with Gasteiger partial charge in [0.15, 0.2) is 0 Å². The smallest absolute Gasteiger partial charge is 0.407 e. The third kappa shape index (κ3) is 4.46. The number of carbonyl (C=O) groups is 2. The molecule has 0 spiro atoms. The van der Waals surface area contributed by atoms with Crippen molar-refractivity contribution in [1.82, 2.24) is 20.0 Å². The number of alkyl carbamates (subject to hydrolysis) is 1. The maximum absolute atomic E-state index is 12.5. The van der Waals surface area contributed by atoms with Crippen molar-refractivity contribution in [1.29, 1.82) is 0 Å². The van der Waals surface area contributed by atoms with Gasteiger partial charge in [-0.1, -0.05) is 6.92 Å². The van der Waals surface area contributed by atoms with E-state index in [1.165, 1.54) is 0 Å². The average Bonchev–Trinajstić information content (AvgIpc) is 3.03. The summed E-state index contributed by atoms with van der Waals surface area (Å²) in [6.45, 7) is 11.3. The van der Waals surface area contributed by atoms with E-state index in [0.717, 1.165) is 6.54 Å². The van der Waals surface area contributed by atoms with Crippen LogP contribution in [0.3, 0.4) is 0 Å². The summed E-state index contributed by atoms with van der Waals surface area (Å²) in [5.74, 6) is 0.123. The van der Waals surface area contributed by atoms with Gasteiger partial charge in [-0.05, 0) is 33.6 Å². The number of hydrogen-bond donors (Lipinski definition) is 1. The molecule has 0 saturated carbocycles. The van der Waals surface area contributed by atoms with Gasteiger partial charge in [-0.15, -0.1) is 0 Å². The van der Waals surface area contributed by atoms with E-state index in [1.807, 2.05) is 34.6 Å². The van der Waals surface area contributed by atoms with Crippen LogP contribution in [-0.2, 0) is 11.3 Å². The third-order valence-corrected chi connectivity index (χ3v) is 3.81. The summed E-state index contributed by atoms with van der Waals surface area (Å²) in [5.41, 5.74) is 0.0489. The fourth-order valence-corrected chi connectivity index (χ4v) is 2.61. The Kier molecular flexibility index (Phi) is 4.97. The molecule has 0 bridgehead atoms. The van der Waals surface area contributed by atoms with E-state index in [0.29, 0.717) is 18.7 Å². The molecule has 2 amide bonds. The molecule has 0 radical (unpaired) electrons. The first-order chi connectivity index (χ1) is 10.7. The molecule has 1 aromatic heterocycles. The first-order valence-electron chi connectivity index (χ1n) is 8.01. The van der Waals surface area contributed by atoms with Crippen molar-refractivity contribution in [2.24, 2.45) is 5.92 Å². The molecule has 0 aromatic carbocycles. The molecule has 1 aliphatic heterocycles. The average molecular weight is 322 g/mol. The molecule has 1 aromatic rings. The van der Waals surface area contributed by atoms with E-state index in [-0.39, 0.29) is 17.9 Å². The number of aryl methyl sites for hydroxylation is 1. The zero-order chi connectivity index (χ0) is 17.2. The molecule has 7 nitrogen and oxygen atoms in total. The van der Waals surface area contributed by atoms with Gasteiger partial charge >= 0.3 is 6.09 Å². The van der Waals surface area contributed by atoms with E-state index < -0.39 is 11.7 Å². The van der Waals surface area contributed by atoms with Gasteiger partial charge in [0, 0.05) is 25.8 Å². The molecule has 2 heterocycles. The molecule has 0 unspecified atom stereocenters. The lowest BCUT2D eigenvalue weighted by molar-refractivity contribution is 0.0494. The second-order valence-corrected chi connectivity index (χ2v) is 7.02. The fourth-order valence-electron chi connectivity index (χ4n) is 2.61. The van der Waals surface area contributed by atoms with Crippen LogP contribution in [0.2, 0.25) is 0 Å². The van der Waals surface area contributed by atoms with Crippen LogP contribution >= 0.6 is 0 Å². The van der Waals surface area contributed by atoms with Crippen molar-refractivity contribution in [3.63, 3.8) is 0 Å². The molecule has 2 atom stereocenters. The standard InChI is InChI=1S/C16H26N4O3/c1-6-20-9-12(7-17-20)14(21)19-8-11(2)13(10-19)18-15(22)23-16(3,4)5/h7,9,11,13H,6,8,10H2,1-5H3,(H,18,22)/t11-,13+/m0/s1. The van der Waals surface area contributed by atoms with Crippen LogP contribution < -0.4 is 5.32 Å². The van der Waals surface area contributed by atoms with Gasteiger partial charge < -0.3 is 15.0 Å². The molecule has 128 valence electrons. The first-order valence-corrected chi connectivity index (χ1v) is 8.01. The largest absolute Gasteiger partial charge is 0.444 e. The number of hydrogen-bond acceptors (Lipinski definition) is 4. The summed E-state index contributed by atoms with van der Waals surface area (Å²) < 4.78 is 7.00. The van der Waals surface area contributed by atoms with Crippen molar-refractivity contribution < 1.29 is 14.3 Å². The van der Waals surface area contributed by atoms with E-state index >= 15 is 0 Å². The number of rotatable bonds is 3. The Morgan fingerprint density at radius 2 is 2.09 bits per heavy atom. The van der Waals surface area contributed by atoms with E-state index in [9.17, 15) is 9.59 Å². The van der Waals surface area contributed by atoms with Crippen molar-refractivity contribution in [3.8, 4) is 0 Å². The quantitative estimate of drug-likeness (QED) is 0.922. The lowest BCUT2D eigenvalue weighted by Crippen LogP contribution is -2.43. The molecule has 1 saturated heterocycles. The van der Waals surface area contributed by atoms with Gasteiger partial charge in [-0.3, -0.25) is 9.48 Å². The van der Waals surface area contributed by atoms with Crippen molar-refractivity contribution in [2.45, 2.75) is 52.8 Å². The molecule has 23 heavy (non-hydrogen) atoms. The highest BCUT2D eigenvalue weighted by Crippen LogP contribution is 2.19. The zero-order valence-electron chi connectivity index (χ0n) is 14.5. The van der Waals surface area contributed by atoms with Crippen molar-refractivity contribution in [3.05, 3.63) is 18.0 Å². The Balaban J connectivity index is 1.95. The predicted octanol–water partition coefficient (Wildman–Crippen LogP) is 1.89. The summed E-state index contributed by atoms with van der Waals surface area (Å²) in [6, 6.07) is -0.102. The first kappa shape index (κ1) is 17.3. The van der Waals surface area contributed by atoms with Gasteiger partial charge in [0.2, 0.25) is 0 Å². The minimum absolute atomic E-state index is 0.0509. The van der Waals surface area contributed by atoms with Gasteiger partial charge in [-0.25, -0.2) is 4.79 Å². The molecule has 1 fully saturated rings.